The van der Waals surface area contributed by atoms with E-state index in [1.807, 2.05) is 54.6 Å². The van der Waals surface area contributed by atoms with E-state index in [4.69, 9.17) is 16.6 Å². The molecule has 0 radical (unpaired) electrons. The summed E-state index contributed by atoms with van der Waals surface area (Å²) in [7, 11) is 0. The first-order valence-electron chi connectivity index (χ1n) is 9.63. The maximum atomic E-state index is 13.6. The van der Waals surface area contributed by atoms with Gasteiger partial charge in [0.1, 0.15) is 11.0 Å². The third-order valence-corrected chi connectivity index (χ3v) is 6.46. The molecule has 2 heterocycles. The lowest BCUT2D eigenvalue weighted by molar-refractivity contribution is 0.814. The van der Waals surface area contributed by atoms with Crippen molar-refractivity contribution < 1.29 is 0 Å². The van der Waals surface area contributed by atoms with E-state index in [0.29, 0.717) is 26.9 Å². The number of hydrogen-bond acceptors (Lipinski definition) is 3. The summed E-state index contributed by atoms with van der Waals surface area (Å²) in [6.07, 6.45) is 0. The Labute approximate surface area is 182 Å². The minimum absolute atomic E-state index is 0.117. The number of aromatic amines is 1. The zero-order chi connectivity index (χ0) is 20.7. The minimum Gasteiger partial charge on any atom is -0.349 e. The number of para-hydroxylation sites is 1. The molecule has 3 aromatic carbocycles. The lowest BCUT2D eigenvalue weighted by atomic mass is 10.2. The first-order chi connectivity index (χ1) is 14.6. The standard InChI is InChI=1S/C24H18ClN3OS/c1-15(16-8-3-2-4-9-16)30-24-27-21-19-12-5-6-13-20(19)26-22(21)23(29)28(24)18-11-7-10-17(25)14-18/h2-15,26H,1H3. The Bertz CT molecular complexity index is 1430. The lowest BCUT2D eigenvalue weighted by Crippen LogP contribution is -2.22. The predicted molar refractivity (Wildman–Crippen MR) is 125 cm³/mol. The maximum absolute atomic E-state index is 13.6. The van der Waals surface area contributed by atoms with Crippen molar-refractivity contribution in [3.63, 3.8) is 0 Å². The maximum Gasteiger partial charge on any atom is 0.283 e. The fraction of sp³-hybridized carbons (Fsp3) is 0.0833. The Hall–Kier alpha value is -3.02. The highest BCUT2D eigenvalue weighted by atomic mass is 35.5. The first kappa shape index (κ1) is 19.0. The van der Waals surface area contributed by atoms with Crippen LogP contribution in [0.1, 0.15) is 17.7 Å². The quantitative estimate of drug-likeness (QED) is 0.265. The predicted octanol–water partition coefficient (Wildman–Crippen LogP) is 6.37. The van der Waals surface area contributed by atoms with Gasteiger partial charge in [-0.1, -0.05) is 78.0 Å². The van der Waals surface area contributed by atoms with Gasteiger partial charge >= 0.3 is 0 Å². The Morgan fingerprint density at radius 1 is 1.00 bits per heavy atom. The summed E-state index contributed by atoms with van der Waals surface area (Å²) in [6.45, 7) is 2.12. The molecule has 0 aliphatic heterocycles. The van der Waals surface area contributed by atoms with Crippen molar-refractivity contribution in [2.75, 3.05) is 0 Å². The molecule has 1 N–H and O–H groups in total. The lowest BCUT2D eigenvalue weighted by Gasteiger charge is -2.16. The van der Waals surface area contributed by atoms with Gasteiger partial charge in [0.25, 0.3) is 5.56 Å². The van der Waals surface area contributed by atoms with Crippen LogP contribution in [0.25, 0.3) is 27.6 Å². The number of rotatable bonds is 4. The van der Waals surface area contributed by atoms with Gasteiger partial charge in [-0.15, -0.1) is 0 Å². The zero-order valence-electron chi connectivity index (χ0n) is 16.2. The summed E-state index contributed by atoms with van der Waals surface area (Å²) in [5.74, 6) is 0. The van der Waals surface area contributed by atoms with E-state index in [2.05, 4.69) is 24.0 Å². The molecule has 0 saturated heterocycles. The van der Waals surface area contributed by atoms with Crippen molar-refractivity contribution in [3.05, 3.63) is 99.8 Å². The van der Waals surface area contributed by atoms with Crippen LogP contribution in [-0.4, -0.2) is 14.5 Å². The molecule has 0 saturated carbocycles. The van der Waals surface area contributed by atoms with Gasteiger partial charge in [0.05, 0.1) is 5.69 Å². The molecule has 1 unspecified atom stereocenters. The van der Waals surface area contributed by atoms with Gasteiger partial charge in [-0.25, -0.2) is 4.98 Å². The number of nitrogens with zero attached hydrogens (tertiary/aromatic N) is 2. The van der Waals surface area contributed by atoms with E-state index < -0.39 is 0 Å². The average Bonchev–Trinajstić information content (AvgIpc) is 3.14. The summed E-state index contributed by atoms with van der Waals surface area (Å²) < 4.78 is 1.65. The largest absolute Gasteiger partial charge is 0.349 e. The molecular weight excluding hydrogens is 414 g/mol. The third kappa shape index (κ3) is 3.30. The van der Waals surface area contributed by atoms with Crippen LogP contribution in [0.4, 0.5) is 0 Å². The number of fused-ring (bicyclic) bond motifs is 3. The second-order valence-corrected chi connectivity index (χ2v) is 8.82. The number of halogens is 1. The monoisotopic (exact) mass is 431 g/mol. The first-order valence-corrected chi connectivity index (χ1v) is 10.9. The van der Waals surface area contributed by atoms with E-state index in [1.165, 1.54) is 5.56 Å². The Kier molecular flexibility index (Phi) is 4.85. The molecule has 0 aliphatic rings. The molecule has 30 heavy (non-hydrogen) atoms. The molecule has 0 fully saturated rings. The smallest absolute Gasteiger partial charge is 0.283 e. The molecule has 0 amide bonds. The van der Waals surface area contributed by atoms with Crippen molar-refractivity contribution in [2.24, 2.45) is 0 Å². The van der Waals surface area contributed by atoms with Crippen LogP contribution in [-0.2, 0) is 0 Å². The van der Waals surface area contributed by atoms with Crippen molar-refractivity contribution in [1.29, 1.82) is 0 Å². The Morgan fingerprint density at radius 3 is 2.57 bits per heavy atom. The number of H-pyrrole nitrogens is 1. The molecule has 0 spiro atoms. The zero-order valence-corrected chi connectivity index (χ0v) is 17.7. The van der Waals surface area contributed by atoms with Gasteiger partial charge < -0.3 is 4.98 Å². The molecular formula is C24H18ClN3OS. The summed E-state index contributed by atoms with van der Waals surface area (Å²) in [4.78, 5) is 21.8. The molecule has 5 aromatic rings. The highest BCUT2D eigenvalue weighted by Gasteiger charge is 2.19. The van der Waals surface area contributed by atoms with Crippen LogP contribution in [0.15, 0.2) is 88.8 Å². The normalized spacial score (nSPS) is 12.5. The number of thioether (sulfide) groups is 1. The molecule has 5 rings (SSSR count). The summed E-state index contributed by atoms with van der Waals surface area (Å²) >= 11 is 7.79. The minimum atomic E-state index is -0.138. The van der Waals surface area contributed by atoms with Gasteiger partial charge in [0, 0.05) is 21.2 Å². The van der Waals surface area contributed by atoms with Crippen molar-refractivity contribution in [3.8, 4) is 5.69 Å². The van der Waals surface area contributed by atoms with E-state index in [9.17, 15) is 4.79 Å². The molecule has 148 valence electrons. The van der Waals surface area contributed by atoms with Crippen LogP contribution >= 0.6 is 23.4 Å². The highest BCUT2D eigenvalue weighted by molar-refractivity contribution is 7.99. The second-order valence-electron chi connectivity index (χ2n) is 7.08. The number of nitrogens with one attached hydrogen (secondary N) is 1. The topological polar surface area (TPSA) is 50.7 Å². The fourth-order valence-electron chi connectivity index (χ4n) is 3.61. The average molecular weight is 432 g/mol. The number of aromatic nitrogens is 3. The van der Waals surface area contributed by atoms with Crippen LogP contribution < -0.4 is 5.56 Å². The van der Waals surface area contributed by atoms with Gasteiger partial charge in [0.2, 0.25) is 0 Å². The van der Waals surface area contributed by atoms with Crippen LogP contribution in [0, 0.1) is 0 Å². The molecule has 2 aromatic heterocycles. The molecule has 0 bridgehead atoms. The van der Waals surface area contributed by atoms with Gasteiger partial charge in [-0.05, 0) is 36.8 Å². The highest BCUT2D eigenvalue weighted by Crippen LogP contribution is 2.35. The number of benzene rings is 3. The molecule has 6 heteroatoms. The van der Waals surface area contributed by atoms with Crippen molar-refractivity contribution >= 4 is 45.3 Å². The van der Waals surface area contributed by atoms with E-state index in [-0.39, 0.29) is 10.8 Å². The van der Waals surface area contributed by atoms with Crippen molar-refractivity contribution in [1.82, 2.24) is 14.5 Å². The number of hydrogen-bond donors (Lipinski definition) is 1. The molecule has 4 nitrogen and oxygen atoms in total. The van der Waals surface area contributed by atoms with Gasteiger partial charge in [-0.2, -0.15) is 0 Å². The van der Waals surface area contributed by atoms with Gasteiger partial charge in [-0.3, -0.25) is 9.36 Å². The summed E-state index contributed by atoms with van der Waals surface area (Å²) in [5.41, 5.74) is 3.82. The van der Waals surface area contributed by atoms with Gasteiger partial charge in [0.15, 0.2) is 5.16 Å². The fourth-order valence-corrected chi connectivity index (χ4v) is 4.85. The molecule has 1 atom stereocenters. The van der Waals surface area contributed by atoms with Crippen molar-refractivity contribution in [2.45, 2.75) is 17.3 Å². The SMILES string of the molecule is CC(Sc1nc2c([nH]c3ccccc32)c(=O)n1-c1cccc(Cl)c1)c1ccccc1. The Morgan fingerprint density at radius 2 is 1.77 bits per heavy atom. The van der Waals surface area contributed by atoms with E-state index >= 15 is 0 Å². The third-order valence-electron chi connectivity index (χ3n) is 5.11. The van der Waals surface area contributed by atoms with Crippen LogP contribution in [0.5, 0.6) is 0 Å². The van der Waals surface area contributed by atoms with Crippen LogP contribution in [0.2, 0.25) is 5.02 Å². The summed E-state index contributed by atoms with van der Waals surface area (Å²) in [5, 5.41) is 2.27. The van der Waals surface area contributed by atoms with E-state index in [0.717, 1.165) is 10.9 Å². The van der Waals surface area contributed by atoms with Crippen LogP contribution in [0.3, 0.4) is 0 Å². The Balaban J connectivity index is 1.76. The second kappa shape index (κ2) is 7.67. The summed E-state index contributed by atoms with van der Waals surface area (Å²) in [6, 6.07) is 25.4. The van der Waals surface area contributed by atoms with E-state index in [1.54, 1.807) is 28.5 Å². The molecule has 0 aliphatic carbocycles.